The molecular formula is C16H24N2O2S. The van der Waals surface area contributed by atoms with Gasteiger partial charge in [-0.3, -0.25) is 9.00 Å². The van der Waals surface area contributed by atoms with E-state index in [-0.39, 0.29) is 17.9 Å². The minimum atomic E-state index is -0.886. The van der Waals surface area contributed by atoms with Gasteiger partial charge in [0.05, 0.1) is 0 Å². The Morgan fingerprint density at radius 3 is 2.86 bits per heavy atom. The molecule has 1 aliphatic carbocycles. The highest BCUT2D eigenvalue weighted by Gasteiger charge is 2.25. The van der Waals surface area contributed by atoms with Gasteiger partial charge in [0, 0.05) is 40.5 Å². The molecule has 116 valence electrons. The van der Waals surface area contributed by atoms with E-state index >= 15 is 0 Å². The summed E-state index contributed by atoms with van der Waals surface area (Å²) in [5.74, 6) is 0.587. The van der Waals surface area contributed by atoms with Gasteiger partial charge in [-0.05, 0) is 43.4 Å². The van der Waals surface area contributed by atoms with Gasteiger partial charge in [-0.25, -0.2) is 0 Å². The Kier molecular flexibility index (Phi) is 5.53. The fourth-order valence-electron chi connectivity index (χ4n) is 2.89. The second-order valence-corrected chi connectivity index (χ2v) is 7.36. The summed E-state index contributed by atoms with van der Waals surface area (Å²) in [4.78, 5) is 12.4. The van der Waals surface area contributed by atoms with Gasteiger partial charge < -0.3 is 11.1 Å². The molecule has 1 aliphatic rings. The van der Waals surface area contributed by atoms with Crippen LogP contribution >= 0.6 is 0 Å². The molecule has 1 aromatic rings. The topological polar surface area (TPSA) is 72.2 Å². The first-order valence-corrected chi connectivity index (χ1v) is 9.15. The molecule has 0 bridgehead atoms. The number of amides is 1. The lowest BCUT2D eigenvalue weighted by molar-refractivity contribution is -0.120. The molecule has 1 saturated carbocycles. The molecule has 0 saturated heterocycles. The number of hydrogen-bond acceptors (Lipinski definition) is 3. The molecule has 1 aromatic carbocycles. The predicted molar refractivity (Wildman–Crippen MR) is 87.5 cm³/mol. The molecule has 4 nitrogen and oxygen atoms in total. The van der Waals surface area contributed by atoms with Crippen LogP contribution in [0.2, 0.25) is 0 Å². The van der Waals surface area contributed by atoms with Crippen LogP contribution in [0.15, 0.2) is 18.2 Å². The van der Waals surface area contributed by atoms with Crippen LogP contribution in [-0.2, 0) is 21.3 Å². The molecule has 0 spiro atoms. The lowest BCUT2D eigenvalue weighted by atomic mass is 9.85. The van der Waals surface area contributed by atoms with Crippen molar-refractivity contribution in [2.45, 2.75) is 44.4 Å². The fraction of sp³-hybridized carbons (Fsp3) is 0.562. The zero-order valence-electron chi connectivity index (χ0n) is 12.7. The lowest BCUT2D eigenvalue weighted by Gasteiger charge is -2.26. The zero-order valence-corrected chi connectivity index (χ0v) is 13.5. The maximum Gasteiger partial charge on any atom is 0.227 e. The summed E-state index contributed by atoms with van der Waals surface area (Å²) >= 11 is 0. The number of hydrogen-bond donors (Lipinski definition) is 2. The number of anilines is 1. The van der Waals surface area contributed by atoms with E-state index in [1.165, 1.54) is 0 Å². The van der Waals surface area contributed by atoms with Crippen molar-refractivity contribution in [3.63, 3.8) is 0 Å². The predicted octanol–water partition coefficient (Wildman–Crippen LogP) is 2.33. The van der Waals surface area contributed by atoms with Crippen molar-refractivity contribution in [3.8, 4) is 0 Å². The highest BCUT2D eigenvalue weighted by molar-refractivity contribution is 7.83. The maximum absolute atomic E-state index is 12.4. The van der Waals surface area contributed by atoms with Crippen molar-refractivity contribution < 1.29 is 9.00 Å². The Labute approximate surface area is 129 Å². The average Bonchev–Trinajstić information content (AvgIpc) is 2.42. The van der Waals surface area contributed by atoms with Crippen LogP contribution in [0, 0.1) is 12.8 Å². The first kappa shape index (κ1) is 16.2. The van der Waals surface area contributed by atoms with Gasteiger partial charge in [-0.2, -0.15) is 0 Å². The Balaban J connectivity index is 2.08. The number of rotatable bonds is 4. The summed E-state index contributed by atoms with van der Waals surface area (Å²) in [5.41, 5.74) is 8.80. The third kappa shape index (κ3) is 4.38. The fourth-order valence-corrected chi connectivity index (χ4v) is 3.65. The number of nitrogens with two attached hydrogens (primary N) is 1. The Morgan fingerprint density at radius 1 is 1.43 bits per heavy atom. The van der Waals surface area contributed by atoms with Crippen molar-refractivity contribution >= 4 is 22.4 Å². The molecule has 1 fully saturated rings. The number of benzene rings is 1. The summed E-state index contributed by atoms with van der Waals surface area (Å²) in [6, 6.07) is 5.91. The van der Waals surface area contributed by atoms with Crippen LogP contribution in [0.3, 0.4) is 0 Å². The third-order valence-corrected chi connectivity index (χ3v) is 4.87. The SMILES string of the molecule is Cc1c(CS(C)=O)cccc1NC(=O)C1CCCC(N)C1. The summed E-state index contributed by atoms with van der Waals surface area (Å²) in [7, 11) is -0.886. The first-order chi connectivity index (χ1) is 9.97. The molecule has 21 heavy (non-hydrogen) atoms. The quantitative estimate of drug-likeness (QED) is 0.896. The van der Waals surface area contributed by atoms with Gasteiger partial charge in [0.15, 0.2) is 0 Å². The Morgan fingerprint density at radius 2 is 2.19 bits per heavy atom. The third-order valence-electron chi connectivity index (χ3n) is 4.15. The van der Waals surface area contributed by atoms with E-state index in [0.717, 1.165) is 42.5 Å². The van der Waals surface area contributed by atoms with E-state index in [1.807, 2.05) is 25.1 Å². The normalized spacial score (nSPS) is 23.6. The van der Waals surface area contributed by atoms with Crippen molar-refractivity contribution in [2.24, 2.45) is 11.7 Å². The summed E-state index contributed by atoms with van der Waals surface area (Å²) in [6.07, 6.45) is 5.41. The van der Waals surface area contributed by atoms with Crippen LogP contribution in [-0.4, -0.2) is 22.4 Å². The molecular weight excluding hydrogens is 284 g/mol. The first-order valence-electron chi connectivity index (χ1n) is 7.42. The Bertz CT molecular complexity index is 545. The minimum absolute atomic E-state index is 0.0112. The second-order valence-electron chi connectivity index (χ2n) is 5.92. The van der Waals surface area contributed by atoms with Crippen LogP contribution in [0.5, 0.6) is 0 Å². The minimum Gasteiger partial charge on any atom is -0.328 e. The van der Waals surface area contributed by atoms with Crippen molar-refractivity contribution in [3.05, 3.63) is 29.3 Å². The van der Waals surface area contributed by atoms with E-state index in [2.05, 4.69) is 5.32 Å². The summed E-state index contributed by atoms with van der Waals surface area (Å²) in [6.45, 7) is 1.96. The van der Waals surface area contributed by atoms with E-state index in [9.17, 15) is 9.00 Å². The molecule has 0 radical (unpaired) electrons. The molecule has 2 rings (SSSR count). The molecule has 3 unspecified atom stereocenters. The second kappa shape index (κ2) is 7.18. The van der Waals surface area contributed by atoms with Crippen LogP contribution in [0.1, 0.15) is 36.8 Å². The molecule has 5 heteroatoms. The van der Waals surface area contributed by atoms with Gasteiger partial charge >= 0.3 is 0 Å². The van der Waals surface area contributed by atoms with Gasteiger partial charge in [-0.15, -0.1) is 0 Å². The number of carbonyl (C=O) groups excluding carboxylic acids is 1. The van der Waals surface area contributed by atoms with Gasteiger partial charge in [0.2, 0.25) is 5.91 Å². The van der Waals surface area contributed by atoms with E-state index in [0.29, 0.717) is 5.75 Å². The highest BCUT2D eigenvalue weighted by atomic mass is 32.2. The van der Waals surface area contributed by atoms with Crippen LogP contribution in [0.25, 0.3) is 0 Å². The van der Waals surface area contributed by atoms with Crippen molar-refractivity contribution in [2.75, 3.05) is 11.6 Å². The summed E-state index contributed by atoms with van der Waals surface area (Å²) in [5, 5.41) is 3.02. The number of nitrogens with one attached hydrogen (secondary N) is 1. The van der Waals surface area contributed by atoms with E-state index < -0.39 is 10.8 Å². The lowest BCUT2D eigenvalue weighted by Crippen LogP contribution is -2.34. The average molecular weight is 308 g/mol. The van der Waals surface area contributed by atoms with Crippen LogP contribution in [0.4, 0.5) is 5.69 Å². The largest absolute Gasteiger partial charge is 0.328 e. The van der Waals surface area contributed by atoms with E-state index in [4.69, 9.17) is 5.73 Å². The van der Waals surface area contributed by atoms with Gasteiger partial charge in [-0.1, -0.05) is 18.6 Å². The Hall–Kier alpha value is -1.20. The zero-order chi connectivity index (χ0) is 15.4. The number of carbonyl (C=O) groups is 1. The highest BCUT2D eigenvalue weighted by Crippen LogP contribution is 2.26. The molecule has 3 atom stereocenters. The molecule has 0 heterocycles. The van der Waals surface area contributed by atoms with E-state index in [1.54, 1.807) is 6.26 Å². The summed E-state index contributed by atoms with van der Waals surface area (Å²) < 4.78 is 11.4. The molecule has 0 aromatic heterocycles. The molecule has 0 aliphatic heterocycles. The van der Waals surface area contributed by atoms with Gasteiger partial charge in [0.1, 0.15) is 0 Å². The molecule has 1 amide bonds. The molecule has 3 N–H and O–H groups in total. The smallest absolute Gasteiger partial charge is 0.227 e. The van der Waals surface area contributed by atoms with Gasteiger partial charge in [0.25, 0.3) is 0 Å². The van der Waals surface area contributed by atoms with Crippen LogP contribution < -0.4 is 11.1 Å². The van der Waals surface area contributed by atoms with Crippen molar-refractivity contribution in [1.82, 2.24) is 0 Å². The monoisotopic (exact) mass is 308 g/mol. The standard InChI is InChI=1S/C16H24N2O2S/c1-11-13(10-21(2)20)6-4-8-15(11)18-16(19)12-5-3-7-14(17)9-12/h4,6,8,12,14H,3,5,7,9-10,17H2,1-2H3,(H,18,19). The maximum atomic E-state index is 12.4. The van der Waals surface area contributed by atoms with Crippen molar-refractivity contribution in [1.29, 1.82) is 0 Å².